The van der Waals surface area contributed by atoms with Gasteiger partial charge in [-0.15, -0.1) is 0 Å². The molecule has 0 unspecified atom stereocenters. The Bertz CT molecular complexity index is 1260. The number of nitrogens with one attached hydrogen (secondary N) is 3. The lowest BCUT2D eigenvalue weighted by molar-refractivity contribution is 0.306. The fraction of sp³-hybridized carbons (Fsp3) is 0.394. The smallest absolute Gasteiger partial charge is 0.145 e. The SMILES string of the molecule is CCCCCCCCCCCCC=c1ccc(=Cc2[nH]c(-c3ccc[nH]3)cc2OCc2ccccc2)[nH]1. The summed E-state index contributed by atoms with van der Waals surface area (Å²) in [5.41, 5.74) is 4.17. The van der Waals surface area contributed by atoms with Crippen LogP contribution < -0.4 is 15.4 Å². The van der Waals surface area contributed by atoms with E-state index in [0.29, 0.717) is 6.61 Å². The van der Waals surface area contributed by atoms with Gasteiger partial charge in [-0.05, 0) is 48.7 Å². The second kappa shape index (κ2) is 15.0. The number of unbranched alkanes of at least 4 members (excludes halogenated alkanes) is 10. The van der Waals surface area contributed by atoms with Gasteiger partial charge in [0.25, 0.3) is 0 Å². The third kappa shape index (κ3) is 8.89. The number of benzene rings is 1. The van der Waals surface area contributed by atoms with E-state index in [1.165, 1.54) is 69.6 Å². The quantitative estimate of drug-likeness (QED) is 0.136. The molecule has 0 aliphatic heterocycles. The zero-order valence-corrected chi connectivity index (χ0v) is 22.4. The van der Waals surface area contributed by atoms with Gasteiger partial charge in [0.05, 0.1) is 17.1 Å². The Balaban J connectivity index is 1.32. The summed E-state index contributed by atoms with van der Waals surface area (Å²) in [6.07, 6.45) is 21.3. The first-order valence-corrected chi connectivity index (χ1v) is 14.2. The highest BCUT2D eigenvalue weighted by atomic mass is 16.5. The zero-order valence-electron chi connectivity index (χ0n) is 22.4. The second-order valence-corrected chi connectivity index (χ2v) is 10.0. The second-order valence-electron chi connectivity index (χ2n) is 10.0. The molecule has 37 heavy (non-hydrogen) atoms. The van der Waals surface area contributed by atoms with Crippen LogP contribution in [0.4, 0.5) is 0 Å². The van der Waals surface area contributed by atoms with Crippen molar-refractivity contribution in [2.75, 3.05) is 0 Å². The van der Waals surface area contributed by atoms with Gasteiger partial charge in [0, 0.05) is 23.0 Å². The molecule has 0 atom stereocenters. The van der Waals surface area contributed by atoms with Crippen LogP contribution in [0.3, 0.4) is 0 Å². The molecule has 0 spiro atoms. The Morgan fingerprint density at radius 1 is 0.703 bits per heavy atom. The lowest BCUT2D eigenvalue weighted by Gasteiger charge is -2.05. The lowest BCUT2D eigenvalue weighted by Crippen LogP contribution is -2.09. The zero-order chi connectivity index (χ0) is 25.5. The van der Waals surface area contributed by atoms with Gasteiger partial charge in [-0.1, -0.05) is 101 Å². The minimum absolute atomic E-state index is 0.534. The maximum absolute atomic E-state index is 6.23. The molecule has 0 saturated carbocycles. The molecule has 4 aromatic rings. The standard InChI is InChI=1S/C33H43N3O/c1-2-3-4-5-6-7-8-9-10-11-15-19-28-21-22-29(35-28)24-32-33(37-26-27-17-13-12-14-18-27)25-31(36-32)30-20-16-23-34-30/h12-14,16-25,34-36H,2-11,15,26H2,1H3. The summed E-state index contributed by atoms with van der Waals surface area (Å²) >= 11 is 0. The third-order valence-corrected chi connectivity index (χ3v) is 6.89. The van der Waals surface area contributed by atoms with Crippen LogP contribution in [-0.2, 0) is 6.61 Å². The van der Waals surface area contributed by atoms with E-state index in [1.54, 1.807) is 0 Å². The molecule has 4 nitrogen and oxygen atoms in total. The molecular weight excluding hydrogens is 454 g/mol. The molecule has 3 N–H and O–H groups in total. The molecule has 0 fully saturated rings. The molecule has 4 heteroatoms. The average Bonchev–Trinajstić information content (AvgIpc) is 3.69. The van der Waals surface area contributed by atoms with E-state index in [2.05, 4.69) is 70.4 Å². The van der Waals surface area contributed by atoms with Crippen LogP contribution >= 0.6 is 0 Å². The van der Waals surface area contributed by atoms with Crippen molar-refractivity contribution in [2.45, 2.75) is 84.2 Å². The number of aromatic nitrogens is 3. The van der Waals surface area contributed by atoms with Crippen molar-refractivity contribution >= 4 is 12.2 Å². The molecule has 3 heterocycles. The highest BCUT2D eigenvalue weighted by molar-refractivity contribution is 5.65. The van der Waals surface area contributed by atoms with Gasteiger partial charge in [-0.2, -0.15) is 0 Å². The largest absolute Gasteiger partial charge is 0.487 e. The summed E-state index contributed by atoms with van der Waals surface area (Å²) in [6, 6.07) is 20.7. The Morgan fingerprint density at radius 3 is 2.16 bits per heavy atom. The van der Waals surface area contributed by atoms with Crippen molar-refractivity contribution in [1.82, 2.24) is 15.0 Å². The number of H-pyrrole nitrogens is 3. The first kappa shape index (κ1) is 26.7. The normalized spacial score (nSPS) is 12.5. The average molecular weight is 498 g/mol. The highest BCUT2D eigenvalue weighted by Gasteiger charge is 2.10. The predicted octanol–water partition coefficient (Wildman–Crippen LogP) is 7.84. The monoisotopic (exact) mass is 497 g/mol. The van der Waals surface area contributed by atoms with Crippen molar-refractivity contribution in [3.63, 3.8) is 0 Å². The van der Waals surface area contributed by atoms with Gasteiger partial charge in [-0.25, -0.2) is 0 Å². The molecule has 0 bridgehead atoms. The van der Waals surface area contributed by atoms with Crippen LogP contribution in [0.2, 0.25) is 0 Å². The summed E-state index contributed by atoms with van der Waals surface area (Å²) in [7, 11) is 0. The van der Waals surface area contributed by atoms with E-state index in [1.807, 2.05) is 30.5 Å². The molecule has 0 saturated heterocycles. The van der Waals surface area contributed by atoms with Gasteiger partial charge in [-0.3, -0.25) is 0 Å². The topological polar surface area (TPSA) is 56.6 Å². The third-order valence-electron chi connectivity index (χ3n) is 6.89. The first-order valence-electron chi connectivity index (χ1n) is 14.2. The Labute approximate surface area is 221 Å². The van der Waals surface area contributed by atoms with Crippen molar-refractivity contribution < 1.29 is 4.74 Å². The summed E-state index contributed by atoms with van der Waals surface area (Å²) in [5, 5.41) is 2.25. The van der Waals surface area contributed by atoms with Crippen molar-refractivity contribution in [1.29, 1.82) is 0 Å². The van der Waals surface area contributed by atoms with Crippen LogP contribution in [0.25, 0.3) is 23.5 Å². The molecular formula is C33H43N3O. The van der Waals surface area contributed by atoms with Crippen LogP contribution in [0.1, 0.15) is 88.8 Å². The number of ether oxygens (including phenoxy) is 1. The Hall–Kier alpha value is -3.40. The van der Waals surface area contributed by atoms with E-state index in [9.17, 15) is 0 Å². The Morgan fingerprint density at radius 2 is 1.43 bits per heavy atom. The van der Waals surface area contributed by atoms with Gasteiger partial charge in [0.15, 0.2) is 0 Å². The van der Waals surface area contributed by atoms with Gasteiger partial charge in [0.2, 0.25) is 0 Å². The maximum atomic E-state index is 6.23. The summed E-state index contributed by atoms with van der Waals surface area (Å²) in [4.78, 5) is 10.4. The van der Waals surface area contributed by atoms with Crippen molar-refractivity contribution in [2.24, 2.45) is 0 Å². The van der Waals surface area contributed by atoms with Crippen molar-refractivity contribution in [3.8, 4) is 17.1 Å². The number of rotatable bonds is 16. The maximum Gasteiger partial charge on any atom is 0.145 e. The molecule has 196 valence electrons. The number of aromatic amines is 3. The molecule has 4 rings (SSSR count). The first-order chi connectivity index (χ1) is 18.3. The van der Waals surface area contributed by atoms with Gasteiger partial charge < -0.3 is 19.7 Å². The summed E-state index contributed by atoms with van der Waals surface area (Å²) in [5.74, 6) is 0.846. The van der Waals surface area contributed by atoms with Gasteiger partial charge >= 0.3 is 0 Å². The van der Waals surface area contributed by atoms with Crippen LogP contribution in [0.5, 0.6) is 5.75 Å². The Kier molecular flexibility index (Phi) is 10.8. The molecule has 1 aromatic carbocycles. The van der Waals surface area contributed by atoms with E-state index < -0.39 is 0 Å². The molecule has 0 aliphatic carbocycles. The van der Waals surface area contributed by atoms with E-state index in [0.717, 1.165) is 40.2 Å². The lowest BCUT2D eigenvalue weighted by atomic mass is 10.1. The van der Waals surface area contributed by atoms with Crippen LogP contribution in [0.15, 0.2) is 66.9 Å². The van der Waals surface area contributed by atoms with E-state index in [-0.39, 0.29) is 0 Å². The number of hydrogen-bond donors (Lipinski definition) is 3. The van der Waals surface area contributed by atoms with E-state index in [4.69, 9.17) is 4.74 Å². The fourth-order valence-corrected chi connectivity index (χ4v) is 4.73. The molecule has 0 aliphatic rings. The predicted molar refractivity (Wildman–Crippen MR) is 156 cm³/mol. The van der Waals surface area contributed by atoms with E-state index >= 15 is 0 Å². The minimum Gasteiger partial charge on any atom is -0.487 e. The van der Waals surface area contributed by atoms with Gasteiger partial charge in [0.1, 0.15) is 12.4 Å². The van der Waals surface area contributed by atoms with Crippen LogP contribution in [-0.4, -0.2) is 15.0 Å². The van der Waals surface area contributed by atoms with Crippen molar-refractivity contribution in [3.05, 3.63) is 88.8 Å². The summed E-state index contributed by atoms with van der Waals surface area (Å²) in [6.45, 7) is 2.82. The van der Waals surface area contributed by atoms with Crippen LogP contribution in [0, 0.1) is 0 Å². The minimum atomic E-state index is 0.534. The highest BCUT2D eigenvalue weighted by Crippen LogP contribution is 2.27. The molecule has 0 amide bonds. The fourth-order valence-electron chi connectivity index (χ4n) is 4.73. The summed E-state index contributed by atoms with van der Waals surface area (Å²) < 4.78 is 6.23. The number of hydrogen-bond acceptors (Lipinski definition) is 1. The molecule has 0 radical (unpaired) electrons. The molecule has 3 aromatic heterocycles.